The van der Waals surface area contributed by atoms with Crippen molar-refractivity contribution in [2.24, 2.45) is 0 Å². The first kappa shape index (κ1) is 19.7. The van der Waals surface area contributed by atoms with Gasteiger partial charge in [0.05, 0.1) is 10.5 Å². The van der Waals surface area contributed by atoms with E-state index in [1.165, 1.54) is 18.2 Å². The molecular formula is C19H15BrF2O4S. The molecule has 0 atom stereocenters. The number of benzene rings is 2. The average molecular weight is 457 g/mol. The highest BCUT2D eigenvalue weighted by Crippen LogP contribution is 2.42. The van der Waals surface area contributed by atoms with Crippen LogP contribution < -0.4 is 0 Å². The highest BCUT2D eigenvalue weighted by molar-refractivity contribution is 9.10. The number of ether oxygens (including phenoxy) is 1. The number of carbonyl (C=O) groups is 1. The van der Waals surface area contributed by atoms with Crippen molar-refractivity contribution in [2.45, 2.75) is 24.3 Å². The SMILES string of the molecule is CC1(C)OC(c2ccc(S(C)(=O)=O)c(Br)c2)=C(c2cc(F)cc(F)c2)C1=O. The Bertz CT molecular complexity index is 1080. The second-order valence-corrected chi connectivity index (χ2v) is 9.56. The van der Waals surface area contributed by atoms with Crippen LogP contribution in [0.4, 0.5) is 8.78 Å². The number of ketones is 1. The minimum atomic E-state index is -3.45. The lowest BCUT2D eigenvalue weighted by molar-refractivity contribution is -0.125. The average Bonchev–Trinajstić information content (AvgIpc) is 2.75. The van der Waals surface area contributed by atoms with Crippen LogP contribution in [-0.2, 0) is 19.4 Å². The first-order chi connectivity index (χ1) is 12.4. The maximum Gasteiger partial charge on any atom is 0.210 e. The molecule has 142 valence electrons. The normalized spacial score (nSPS) is 16.6. The zero-order valence-electron chi connectivity index (χ0n) is 14.6. The molecule has 2 aromatic rings. The zero-order chi connectivity index (χ0) is 20.1. The van der Waals surface area contributed by atoms with Crippen LogP contribution in [0.3, 0.4) is 0 Å². The number of hydrogen-bond donors (Lipinski definition) is 0. The molecule has 2 aromatic carbocycles. The zero-order valence-corrected chi connectivity index (χ0v) is 17.0. The van der Waals surface area contributed by atoms with Crippen LogP contribution in [0, 0.1) is 11.6 Å². The summed E-state index contributed by atoms with van der Waals surface area (Å²) >= 11 is 3.21. The Labute approximate surface area is 163 Å². The molecule has 0 aliphatic carbocycles. The fraction of sp³-hybridized carbons (Fsp3) is 0.211. The van der Waals surface area contributed by atoms with Gasteiger partial charge in [0.15, 0.2) is 15.4 Å². The summed E-state index contributed by atoms with van der Waals surface area (Å²) in [6, 6.07) is 7.19. The molecule has 1 aliphatic heterocycles. The van der Waals surface area contributed by atoms with E-state index in [0.29, 0.717) is 16.1 Å². The summed E-state index contributed by atoms with van der Waals surface area (Å²) in [5, 5.41) is 0. The molecule has 1 heterocycles. The van der Waals surface area contributed by atoms with Crippen LogP contribution in [-0.4, -0.2) is 26.1 Å². The van der Waals surface area contributed by atoms with Crippen molar-refractivity contribution in [2.75, 3.05) is 6.26 Å². The van der Waals surface area contributed by atoms with Gasteiger partial charge in [0.2, 0.25) is 5.78 Å². The molecule has 0 saturated heterocycles. The Morgan fingerprint density at radius 1 is 1.00 bits per heavy atom. The third kappa shape index (κ3) is 3.68. The lowest BCUT2D eigenvalue weighted by Gasteiger charge is -2.18. The predicted octanol–water partition coefficient (Wildman–Crippen LogP) is 4.38. The van der Waals surface area contributed by atoms with Crippen LogP contribution in [0.1, 0.15) is 25.0 Å². The quantitative estimate of drug-likeness (QED) is 0.687. The molecule has 0 fully saturated rings. The maximum absolute atomic E-state index is 13.7. The van der Waals surface area contributed by atoms with Gasteiger partial charge in [-0.25, -0.2) is 17.2 Å². The number of carbonyl (C=O) groups excluding carboxylic acids is 1. The van der Waals surface area contributed by atoms with E-state index in [4.69, 9.17) is 4.74 Å². The minimum absolute atomic E-state index is 0.0393. The van der Waals surface area contributed by atoms with Gasteiger partial charge in [-0.1, -0.05) is 0 Å². The molecule has 27 heavy (non-hydrogen) atoms. The summed E-state index contributed by atoms with van der Waals surface area (Å²) in [5.41, 5.74) is -0.721. The van der Waals surface area contributed by atoms with Gasteiger partial charge < -0.3 is 4.74 Å². The summed E-state index contributed by atoms with van der Waals surface area (Å²) in [5.74, 6) is -1.92. The molecule has 3 rings (SSSR count). The molecule has 0 N–H and O–H groups in total. The Hall–Kier alpha value is -2.06. The minimum Gasteiger partial charge on any atom is -0.478 e. The van der Waals surface area contributed by atoms with E-state index in [-0.39, 0.29) is 21.8 Å². The van der Waals surface area contributed by atoms with Crippen LogP contribution in [0.25, 0.3) is 11.3 Å². The molecule has 0 saturated carbocycles. The molecule has 4 nitrogen and oxygen atoms in total. The molecule has 0 amide bonds. The standard InChI is InChI=1S/C19H15BrF2O4S/c1-19(2)18(23)16(11-6-12(21)9-13(22)7-11)17(26-19)10-4-5-15(14(20)8-10)27(3,24)25/h4-9H,1-3H3. The first-order valence-electron chi connectivity index (χ1n) is 7.85. The van der Waals surface area contributed by atoms with E-state index in [2.05, 4.69) is 15.9 Å². The van der Waals surface area contributed by atoms with Crippen LogP contribution in [0.5, 0.6) is 0 Å². The number of Topliss-reactive ketones (excluding diaryl/α,β-unsaturated/α-hetero) is 1. The van der Waals surface area contributed by atoms with Crippen molar-refractivity contribution in [3.8, 4) is 0 Å². The lowest BCUT2D eigenvalue weighted by atomic mass is 9.92. The molecule has 0 spiro atoms. The lowest BCUT2D eigenvalue weighted by Crippen LogP contribution is -2.29. The van der Waals surface area contributed by atoms with Gasteiger partial charge in [-0.05, 0) is 65.7 Å². The highest BCUT2D eigenvalue weighted by atomic mass is 79.9. The second kappa shape index (κ2) is 6.53. The maximum atomic E-state index is 13.7. The Morgan fingerprint density at radius 2 is 1.59 bits per heavy atom. The van der Waals surface area contributed by atoms with E-state index in [9.17, 15) is 22.0 Å². The third-order valence-electron chi connectivity index (χ3n) is 4.10. The summed E-state index contributed by atoms with van der Waals surface area (Å²) in [7, 11) is -3.45. The Morgan fingerprint density at radius 3 is 2.11 bits per heavy atom. The van der Waals surface area contributed by atoms with Crippen molar-refractivity contribution in [1.82, 2.24) is 0 Å². The molecule has 0 bridgehead atoms. The van der Waals surface area contributed by atoms with Gasteiger partial charge in [0.25, 0.3) is 0 Å². The largest absolute Gasteiger partial charge is 0.478 e. The molecule has 1 aliphatic rings. The van der Waals surface area contributed by atoms with Gasteiger partial charge in [-0.3, -0.25) is 4.79 Å². The highest BCUT2D eigenvalue weighted by Gasteiger charge is 2.43. The fourth-order valence-corrected chi connectivity index (χ4v) is 4.85. The van der Waals surface area contributed by atoms with Crippen molar-refractivity contribution >= 4 is 42.9 Å². The van der Waals surface area contributed by atoms with Gasteiger partial charge in [0.1, 0.15) is 17.4 Å². The van der Waals surface area contributed by atoms with E-state index in [1.54, 1.807) is 13.8 Å². The monoisotopic (exact) mass is 456 g/mol. The summed E-state index contributed by atoms with van der Waals surface area (Å²) in [4.78, 5) is 12.9. The van der Waals surface area contributed by atoms with E-state index < -0.39 is 32.9 Å². The molecule has 0 unspecified atom stereocenters. The summed E-state index contributed by atoms with van der Waals surface area (Å²) < 4.78 is 57.0. The smallest absolute Gasteiger partial charge is 0.210 e. The van der Waals surface area contributed by atoms with E-state index in [1.807, 2.05) is 0 Å². The molecule has 0 aromatic heterocycles. The molecular weight excluding hydrogens is 442 g/mol. The first-order valence-corrected chi connectivity index (χ1v) is 10.5. The van der Waals surface area contributed by atoms with Crippen molar-refractivity contribution in [3.05, 3.63) is 63.6 Å². The fourth-order valence-electron chi connectivity index (χ4n) is 2.86. The van der Waals surface area contributed by atoms with E-state index in [0.717, 1.165) is 18.4 Å². The topological polar surface area (TPSA) is 60.4 Å². The molecule has 8 heteroatoms. The number of hydrogen-bond acceptors (Lipinski definition) is 4. The van der Waals surface area contributed by atoms with Crippen LogP contribution in [0.15, 0.2) is 45.8 Å². The number of rotatable bonds is 3. The third-order valence-corrected chi connectivity index (χ3v) is 6.18. The van der Waals surface area contributed by atoms with Gasteiger partial charge in [-0.2, -0.15) is 0 Å². The van der Waals surface area contributed by atoms with Crippen molar-refractivity contribution < 1.29 is 26.7 Å². The summed E-state index contributed by atoms with van der Waals surface area (Å²) in [6.07, 6.45) is 1.08. The second-order valence-electron chi connectivity index (χ2n) is 6.72. The van der Waals surface area contributed by atoms with Gasteiger partial charge >= 0.3 is 0 Å². The Balaban J connectivity index is 2.25. The van der Waals surface area contributed by atoms with E-state index >= 15 is 0 Å². The van der Waals surface area contributed by atoms with Gasteiger partial charge in [-0.15, -0.1) is 0 Å². The van der Waals surface area contributed by atoms with Gasteiger partial charge in [0, 0.05) is 22.4 Å². The molecule has 0 radical (unpaired) electrons. The Kier molecular flexibility index (Phi) is 4.76. The number of halogens is 3. The predicted molar refractivity (Wildman–Crippen MR) is 101 cm³/mol. The van der Waals surface area contributed by atoms with Crippen molar-refractivity contribution in [3.63, 3.8) is 0 Å². The number of sulfone groups is 1. The summed E-state index contributed by atoms with van der Waals surface area (Å²) in [6.45, 7) is 3.11. The van der Waals surface area contributed by atoms with Crippen molar-refractivity contribution in [1.29, 1.82) is 0 Å². The van der Waals surface area contributed by atoms with Crippen LogP contribution in [0.2, 0.25) is 0 Å². The van der Waals surface area contributed by atoms with Crippen LogP contribution >= 0.6 is 15.9 Å².